The van der Waals surface area contributed by atoms with E-state index < -0.39 is 17.7 Å². The van der Waals surface area contributed by atoms with Crippen LogP contribution in [0.5, 0.6) is 6.01 Å². The molecule has 1 aromatic carbocycles. The Morgan fingerprint density at radius 3 is 2.58 bits per heavy atom. The van der Waals surface area contributed by atoms with Crippen molar-refractivity contribution in [2.24, 2.45) is 0 Å². The number of hydrogen-bond donors (Lipinski definition) is 2. The van der Waals surface area contributed by atoms with E-state index >= 15 is 8.78 Å². The zero-order chi connectivity index (χ0) is 33.4. The number of piperazine rings is 1. The molecule has 3 N–H and O–H groups in total. The summed E-state index contributed by atoms with van der Waals surface area (Å²) in [6, 6.07) is 2.56. The Morgan fingerprint density at radius 2 is 1.90 bits per heavy atom. The van der Waals surface area contributed by atoms with Gasteiger partial charge in [-0.2, -0.15) is 15.2 Å². The lowest BCUT2D eigenvalue weighted by Gasteiger charge is -2.42. The highest BCUT2D eigenvalue weighted by atomic mass is 32.1. The maximum atomic E-state index is 17.4. The minimum Gasteiger partial charge on any atom is -0.459 e. The van der Waals surface area contributed by atoms with Gasteiger partial charge in [-0.15, -0.1) is 11.3 Å². The van der Waals surface area contributed by atoms with Crippen molar-refractivity contribution < 1.29 is 23.4 Å². The first-order chi connectivity index (χ1) is 23.1. The monoisotopic (exact) mass is 676 g/mol. The number of likely N-dealkylation sites (N-methyl/N-ethyl adjacent to an activating group) is 1. The first kappa shape index (κ1) is 31.5. The summed E-state index contributed by atoms with van der Waals surface area (Å²) in [4.78, 5) is 21.1. The molecule has 0 radical (unpaired) electrons. The number of thiophene rings is 1. The van der Waals surface area contributed by atoms with Gasteiger partial charge in [0.25, 0.3) is 0 Å². The number of likely N-dealkylation sites (tertiary alicyclic amines) is 2. The summed E-state index contributed by atoms with van der Waals surface area (Å²) in [5.41, 5.74) is 7.86. The highest BCUT2D eigenvalue weighted by Crippen LogP contribution is 2.48. The molecule has 3 aromatic heterocycles. The van der Waals surface area contributed by atoms with Crippen LogP contribution in [0.15, 0.2) is 6.20 Å². The number of hydrogen-bond acceptors (Lipinski definition) is 12. The molecule has 11 nitrogen and oxygen atoms in total. The van der Waals surface area contributed by atoms with Gasteiger partial charge in [-0.25, -0.2) is 8.78 Å². The van der Waals surface area contributed by atoms with Gasteiger partial charge in [0, 0.05) is 48.7 Å². The SMILES string of the molecule is C[C@H](Oc1nc(N2C3CCC2CN(C[C@@H](C)O)C3)c2c3c(c(-c4ncc(F)c5sc(N)c(C#N)c45)c(F)c2n1)COC3)[C@@H]1CCCN1C. The molecular weight excluding hydrogens is 638 g/mol. The van der Waals surface area contributed by atoms with Gasteiger partial charge in [0.05, 0.1) is 46.9 Å². The van der Waals surface area contributed by atoms with Crippen LogP contribution in [0.4, 0.5) is 19.6 Å². The third kappa shape index (κ3) is 4.97. The molecule has 4 aromatic rings. The number of nitriles is 1. The Bertz CT molecular complexity index is 1970. The Labute approximate surface area is 280 Å². The smallest absolute Gasteiger partial charge is 0.319 e. The summed E-state index contributed by atoms with van der Waals surface area (Å²) < 4.78 is 45.0. The zero-order valence-electron chi connectivity index (χ0n) is 27.2. The van der Waals surface area contributed by atoms with Gasteiger partial charge >= 0.3 is 6.01 Å². The number of anilines is 2. The van der Waals surface area contributed by atoms with Crippen LogP contribution in [0.25, 0.3) is 32.2 Å². The number of fused-ring (bicyclic) bond motifs is 6. The second-order valence-corrected chi connectivity index (χ2v) is 14.7. The highest BCUT2D eigenvalue weighted by Gasteiger charge is 2.43. The molecule has 5 atom stereocenters. The van der Waals surface area contributed by atoms with E-state index in [-0.39, 0.29) is 80.9 Å². The van der Waals surface area contributed by atoms with E-state index in [2.05, 4.69) is 32.8 Å². The van der Waals surface area contributed by atoms with Crippen LogP contribution in [0.3, 0.4) is 0 Å². The van der Waals surface area contributed by atoms with Crippen LogP contribution in [-0.4, -0.2) is 93.4 Å². The number of ether oxygens (including phenoxy) is 2. The molecule has 2 bridgehead atoms. The molecule has 3 saturated heterocycles. The molecule has 14 heteroatoms. The highest BCUT2D eigenvalue weighted by molar-refractivity contribution is 7.23. The Hall–Kier alpha value is -3.74. The van der Waals surface area contributed by atoms with Crippen molar-refractivity contribution in [1.29, 1.82) is 5.26 Å². The van der Waals surface area contributed by atoms with Gasteiger partial charge < -0.3 is 25.2 Å². The quantitative estimate of drug-likeness (QED) is 0.285. The van der Waals surface area contributed by atoms with E-state index in [9.17, 15) is 10.4 Å². The standard InChI is InChI=1S/C34H38F2N8O3S/c1-16(45)11-43-12-18-6-7-19(13-43)44(18)33-27-22-15-46-14-21(22)25(29-26-20(9-37)32(38)48-31(26)23(35)10-39-29)28(36)30(27)40-34(41-33)47-17(2)24-5-4-8-42(24)3/h10,16-19,24,45H,4-8,11-15,38H2,1-3H3/t16-,17+,18?,19?,24+/m1/s1. The maximum Gasteiger partial charge on any atom is 0.319 e. The summed E-state index contributed by atoms with van der Waals surface area (Å²) in [5, 5.41) is 21.0. The second kappa shape index (κ2) is 12.0. The average Bonchev–Trinajstić information content (AvgIpc) is 3.83. The van der Waals surface area contributed by atoms with Crippen molar-refractivity contribution in [3.63, 3.8) is 0 Å². The zero-order valence-corrected chi connectivity index (χ0v) is 28.0. The normalized spacial score (nSPS) is 24.0. The van der Waals surface area contributed by atoms with Crippen molar-refractivity contribution in [3.8, 4) is 23.3 Å². The van der Waals surface area contributed by atoms with E-state index in [0.717, 1.165) is 68.4 Å². The third-order valence-electron chi connectivity index (χ3n) is 10.5. The third-order valence-corrected chi connectivity index (χ3v) is 11.6. The van der Waals surface area contributed by atoms with Crippen LogP contribution >= 0.6 is 11.3 Å². The molecular formula is C34H38F2N8O3S. The summed E-state index contributed by atoms with van der Waals surface area (Å²) in [6.45, 7) is 7.18. The fourth-order valence-corrected chi connectivity index (χ4v) is 9.42. The molecule has 252 valence electrons. The number of pyridine rings is 1. The van der Waals surface area contributed by atoms with Gasteiger partial charge in [0.15, 0.2) is 11.6 Å². The number of benzene rings is 1. The van der Waals surface area contributed by atoms with Crippen LogP contribution in [-0.2, 0) is 18.0 Å². The fraction of sp³-hybridized carbons (Fsp3) is 0.529. The van der Waals surface area contributed by atoms with Crippen LogP contribution in [0, 0.1) is 23.0 Å². The van der Waals surface area contributed by atoms with Crippen molar-refractivity contribution in [2.45, 2.75) is 83.1 Å². The Morgan fingerprint density at radius 1 is 1.15 bits per heavy atom. The number of nitrogens with zero attached hydrogens (tertiary/aromatic N) is 7. The van der Waals surface area contributed by atoms with Gasteiger partial charge in [-0.1, -0.05) is 0 Å². The molecule has 4 aliphatic rings. The first-order valence-corrected chi connectivity index (χ1v) is 17.4. The number of nitrogen functional groups attached to an aromatic ring is 1. The van der Waals surface area contributed by atoms with Crippen molar-refractivity contribution in [3.05, 3.63) is 34.5 Å². The molecule has 7 heterocycles. The minimum absolute atomic E-state index is 0.0673. The maximum absolute atomic E-state index is 17.4. The molecule has 3 fully saturated rings. The van der Waals surface area contributed by atoms with Gasteiger partial charge in [0.2, 0.25) is 0 Å². The molecule has 0 aliphatic carbocycles. The molecule has 2 unspecified atom stereocenters. The summed E-state index contributed by atoms with van der Waals surface area (Å²) >= 11 is 0.946. The van der Waals surface area contributed by atoms with E-state index in [0.29, 0.717) is 23.3 Å². The lowest BCUT2D eigenvalue weighted by atomic mass is 9.93. The number of aliphatic hydroxyl groups is 1. The minimum atomic E-state index is -0.650. The van der Waals surface area contributed by atoms with E-state index in [1.807, 2.05) is 6.92 Å². The summed E-state index contributed by atoms with van der Waals surface area (Å²) in [5.74, 6) is -0.659. The molecule has 0 spiro atoms. The van der Waals surface area contributed by atoms with Crippen molar-refractivity contribution in [2.75, 3.05) is 43.9 Å². The van der Waals surface area contributed by atoms with Crippen LogP contribution in [0.1, 0.15) is 56.2 Å². The van der Waals surface area contributed by atoms with Crippen molar-refractivity contribution in [1.82, 2.24) is 24.8 Å². The van der Waals surface area contributed by atoms with Gasteiger partial charge in [-0.3, -0.25) is 14.8 Å². The Kier molecular flexibility index (Phi) is 7.88. The first-order valence-electron chi connectivity index (χ1n) is 16.6. The van der Waals surface area contributed by atoms with Crippen LogP contribution in [0.2, 0.25) is 0 Å². The van der Waals surface area contributed by atoms with Crippen molar-refractivity contribution >= 4 is 43.1 Å². The topological polar surface area (TPSA) is 137 Å². The molecule has 4 aliphatic heterocycles. The van der Waals surface area contributed by atoms with Gasteiger partial charge in [0.1, 0.15) is 28.5 Å². The molecule has 0 amide bonds. The average molecular weight is 677 g/mol. The number of nitrogens with two attached hydrogens (primary N) is 1. The summed E-state index contributed by atoms with van der Waals surface area (Å²) in [7, 11) is 2.08. The van der Waals surface area contributed by atoms with Gasteiger partial charge in [-0.05, 0) is 64.3 Å². The van der Waals surface area contributed by atoms with E-state index in [1.165, 1.54) is 0 Å². The number of rotatable bonds is 7. The molecule has 0 saturated carbocycles. The number of halogens is 2. The Balaban J connectivity index is 1.35. The number of aliphatic hydroxyl groups excluding tert-OH is 1. The lowest BCUT2D eigenvalue weighted by Crippen LogP contribution is -2.55. The lowest BCUT2D eigenvalue weighted by molar-refractivity contribution is 0.109. The fourth-order valence-electron chi connectivity index (χ4n) is 8.50. The van der Waals surface area contributed by atoms with E-state index in [4.69, 9.17) is 25.2 Å². The van der Waals surface area contributed by atoms with E-state index in [1.54, 1.807) is 6.92 Å². The predicted octanol–water partition coefficient (Wildman–Crippen LogP) is 4.56. The van der Waals surface area contributed by atoms with Crippen LogP contribution < -0.4 is 15.4 Å². The molecule has 8 rings (SSSR count). The number of aromatic nitrogens is 3. The largest absolute Gasteiger partial charge is 0.459 e. The summed E-state index contributed by atoms with van der Waals surface area (Å²) in [6.07, 6.45) is 4.30. The number of β-amino-alcohol motifs (C(OH)–C–C–N with tert-alkyl or cyclic N) is 1. The molecule has 48 heavy (non-hydrogen) atoms. The predicted molar refractivity (Wildman–Crippen MR) is 179 cm³/mol. The second-order valence-electron chi connectivity index (χ2n) is 13.7.